The van der Waals surface area contributed by atoms with Crippen molar-refractivity contribution >= 4 is 15.7 Å². The fraction of sp³-hybridized carbons (Fsp3) is 0.571. The quantitative estimate of drug-likeness (QED) is 0.744. The van der Waals surface area contributed by atoms with Crippen molar-refractivity contribution in [1.29, 1.82) is 0 Å². The maximum absolute atomic E-state index is 12.2. The molecule has 0 aliphatic carbocycles. The number of sulfonamides is 1. The Kier molecular flexibility index (Phi) is 5.98. The van der Waals surface area contributed by atoms with E-state index in [0.717, 1.165) is 0 Å². The Hall–Kier alpha value is -1.11. The number of anilines is 1. The van der Waals surface area contributed by atoms with E-state index in [1.807, 2.05) is 32.8 Å². The topological polar surface area (TPSA) is 75.4 Å². The lowest BCUT2D eigenvalue weighted by molar-refractivity contribution is 0.314. The number of rotatable bonds is 7. The molecule has 1 unspecified atom stereocenters. The van der Waals surface area contributed by atoms with Crippen LogP contribution in [0.3, 0.4) is 0 Å². The van der Waals surface area contributed by atoms with Gasteiger partial charge in [-0.05, 0) is 37.7 Å². The summed E-state index contributed by atoms with van der Waals surface area (Å²) in [6.45, 7) is 4.70. The summed E-state index contributed by atoms with van der Waals surface area (Å²) in [4.78, 5) is 1.98. The van der Waals surface area contributed by atoms with Gasteiger partial charge >= 0.3 is 0 Å². The standard InChI is InChI=1S/C14H25N3O2S/c1-11(2)14(9-17(3)4)16-20(18,19)10-12-6-5-7-13(15)8-12/h5-8,11,14,16H,9-10,15H2,1-4H3. The number of likely N-dealkylation sites (N-methyl/N-ethyl adjacent to an activating group) is 1. The monoisotopic (exact) mass is 299 g/mol. The van der Waals surface area contributed by atoms with Crippen molar-refractivity contribution in [1.82, 2.24) is 9.62 Å². The summed E-state index contributed by atoms with van der Waals surface area (Å²) in [5, 5.41) is 0. The second kappa shape index (κ2) is 7.06. The third kappa shape index (κ3) is 5.90. The first-order valence-corrected chi connectivity index (χ1v) is 8.34. The third-order valence-electron chi connectivity index (χ3n) is 3.01. The molecule has 0 amide bonds. The molecule has 0 aliphatic rings. The van der Waals surface area contributed by atoms with E-state index in [2.05, 4.69) is 4.72 Å². The van der Waals surface area contributed by atoms with Crippen LogP contribution in [0.2, 0.25) is 0 Å². The van der Waals surface area contributed by atoms with Gasteiger partial charge in [0.1, 0.15) is 0 Å². The van der Waals surface area contributed by atoms with Crippen LogP contribution in [0.1, 0.15) is 19.4 Å². The van der Waals surface area contributed by atoms with Crippen LogP contribution in [0.4, 0.5) is 5.69 Å². The highest BCUT2D eigenvalue weighted by atomic mass is 32.2. The lowest BCUT2D eigenvalue weighted by atomic mass is 10.1. The van der Waals surface area contributed by atoms with Gasteiger partial charge in [-0.2, -0.15) is 0 Å². The summed E-state index contributed by atoms with van der Waals surface area (Å²) in [5.74, 6) is 0.183. The average molecular weight is 299 g/mol. The average Bonchev–Trinajstić information content (AvgIpc) is 2.26. The maximum atomic E-state index is 12.2. The fourth-order valence-corrected chi connectivity index (χ4v) is 3.46. The number of benzene rings is 1. The lowest BCUT2D eigenvalue weighted by Gasteiger charge is -2.25. The molecule has 0 aliphatic heterocycles. The first-order valence-electron chi connectivity index (χ1n) is 6.69. The predicted molar refractivity (Wildman–Crippen MR) is 83.8 cm³/mol. The number of nitrogen functional groups attached to an aromatic ring is 1. The van der Waals surface area contributed by atoms with Crippen LogP contribution in [-0.2, 0) is 15.8 Å². The minimum Gasteiger partial charge on any atom is -0.399 e. The second-order valence-corrected chi connectivity index (χ2v) is 7.49. The van der Waals surface area contributed by atoms with Crippen LogP contribution in [0.25, 0.3) is 0 Å². The van der Waals surface area contributed by atoms with E-state index in [1.54, 1.807) is 24.3 Å². The first-order chi connectivity index (χ1) is 9.19. The van der Waals surface area contributed by atoms with Crippen LogP contribution in [0.15, 0.2) is 24.3 Å². The lowest BCUT2D eigenvalue weighted by Crippen LogP contribution is -2.45. The minimum absolute atomic E-state index is 0.0469. The molecule has 0 heterocycles. The van der Waals surface area contributed by atoms with Gasteiger partial charge in [0.25, 0.3) is 0 Å². The normalized spacial score (nSPS) is 13.9. The van der Waals surface area contributed by atoms with Crippen LogP contribution in [-0.4, -0.2) is 40.0 Å². The molecule has 0 saturated heterocycles. The summed E-state index contributed by atoms with van der Waals surface area (Å²) in [6.07, 6.45) is 0. The Labute approximate surface area is 122 Å². The Morgan fingerprint density at radius 3 is 2.45 bits per heavy atom. The van der Waals surface area contributed by atoms with Gasteiger partial charge in [0.05, 0.1) is 5.75 Å². The van der Waals surface area contributed by atoms with Crippen LogP contribution < -0.4 is 10.5 Å². The van der Waals surface area contributed by atoms with E-state index in [4.69, 9.17) is 5.73 Å². The molecule has 1 aromatic rings. The minimum atomic E-state index is -3.37. The van der Waals surface area contributed by atoms with Gasteiger partial charge in [0.15, 0.2) is 0 Å². The molecular weight excluding hydrogens is 274 g/mol. The molecular formula is C14H25N3O2S. The van der Waals surface area contributed by atoms with E-state index in [0.29, 0.717) is 17.8 Å². The molecule has 0 fully saturated rings. The van der Waals surface area contributed by atoms with Crippen LogP contribution >= 0.6 is 0 Å². The fourth-order valence-electron chi connectivity index (χ4n) is 1.95. The van der Waals surface area contributed by atoms with Gasteiger partial charge in [-0.3, -0.25) is 0 Å². The molecule has 0 spiro atoms. The van der Waals surface area contributed by atoms with Crippen molar-refractivity contribution in [2.45, 2.75) is 25.6 Å². The molecule has 3 N–H and O–H groups in total. The molecule has 5 nitrogen and oxygen atoms in total. The van der Waals surface area contributed by atoms with Gasteiger partial charge in [0, 0.05) is 18.3 Å². The van der Waals surface area contributed by atoms with Crippen molar-refractivity contribution in [2.75, 3.05) is 26.4 Å². The molecule has 114 valence electrons. The van der Waals surface area contributed by atoms with Gasteiger partial charge in [-0.25, -0.2) is 13.1 Å². The predicted octanol–water partition coefficient (Wildman–Crippen LogP) is 1.27. The number of nitrogens with two attached hydrogens (primary N) is 1. The van der Waals surface area contributed by atoms with E-state index < -0.39 is 10.0 Å². The maximum Gasteiger partial charge on any atom is 0.216 e. The Morgan fingerprint density at radius 1 is 1.30 bits per heavy atom. The summed E-state index contributed by atoms with van der Waals surface area (Å²) in [7, 11) is 0.491. The number of hydrogen-bond donors (Lipinski definition) is 2. The van der Waals surface area contributed by atoms with E-state index in [9.17, 15) is 8.42 Å². The Morgan fingerprint density at radius 2 is 1.95 bits per heavy atom. The third-order valence-corrected chi connectivity index (χ3v) is 4.38. The van der Waals surface area contributed by atoms with Gasteiger partial charge in [-0.15, -0.1) is 0 Å². The van der Waals surface area contributed by atoms with Crippen molar-refractivity contribution in [3.63, 3.8) is 0 Å². The highest BCUT2D eigenvalue weighted by Crippen LogP contribution is 2.12. The molecule has 6 heteroatoms. The van der Waals surface area contributed by atoms with Crippen LogP contribution in [0, 0.1) is 5.92 Å². The molecule has 20 heavy (non-hydrogen) atoms. The van der Waals surface area contributed by atoms with E-state index >= 15 is 0 Å². The molecule has 0 aromatic heterocycles. The summed E-state index contributed by atoms with van der Waals surface area (Å²) in [6, 6.07) is 6.87. The van der Waals surface area contributed by atoms with Gasteiger partial charge in [-0.1, -0.05) is 26.0 Å². The Bertz CT molecular complexity index is 527. The van der Waals surface area contributed by atoms with Crippen LogP contribution in [0.5, 0.6) is 0 Å². The van der Waals surface area contributed by atoms with Crippen molar-refractivity contribution < 1.29 is 8.42 Å². The zero-order valence-corrected chi connectivity index (χ0v) is 13.4. The highest BCUT2D eigenvalue weighted by Gasteiger charge is 2.21. The number of hydrogen-bond acceptors (Lipinski definition) is 4. The zero-order chi connectivity index (χ0) is 15.3. The SMILES string of the molecule is CC(C)C(CN(C)C)NS(=O)(=O)Cc1cccc(N)c1. The molecule has 1 rings (SSSR count). The summed E-state index contributed by atoms with van der Waals surface area (Å²) < 4.78 is 27.3. The largest absolute Gasteiger partial charge is 0.399 e. The Balaban J connectivity index is 2.77. The van der Waals surface area contributed by atoms with Crippen molar-refractivity contribution in [3.8, 4) is 0 Å². The smallest absolute Gasteiger partial charge is 0.216 e. The second-order valence-electron chi connectivity index (χ2n) is 5.73. The van der Waals surface area contributed by atoms with E-state index in [-0.39, 0.29) is 17.7 Å². The van der Waals surface area contributed by atoms with Gasteiger partial charge < -0.3 is 10.6 Å². The summed E-state index contributed by atoms with van der Waals surface area (Å²) >= 11 is 0. The highest BCUT2D eigenvalue weighted by molar-refractivity contribution is 7.88. The molecule has 1 aromatic carbocycles. The zero-order valence-electron chi connectivity index (χ0n) is 12.6. The number of nitrogens with one attached hydrogen (secondary N) is 1. The van der Waals surface area contributed by atoms with Crippen molar-refractivity contribution in [3.05, 3.63) is 29.8 Å². The van der Waals surface area contributed by atoms with Gasteiger partial charge in [0.2, 0.25) is 10.0 Å². The molecule has 1 atom stereocenters. The number of nitrogens with zero attached hydrogens (tertiary/aromatic N) is 1. The summed E-state index contributed by atoms with van der Waals surface area (Å²) in [5.41, 5.74) is 6.95. The molecule has 0 radical (unpaired) electrons. The van der Waals surface area contributed by atoms with Crippen molar-refractivity contribution in [2.24, 2.45) is 5.92 Å². The van der Waals surface area contributed by atoms with E-state index in [1.165, 1.54) is 0 Å². The molecule has 0 saturated carbocycles. The first kappa shape index (κ1) is 16.9. The molecule has 0 bridgehead atoms.